The van der Waals surface area contributed by atoms with Gasteiger partial charge in [0.15, 0.2) is 0 Å². The van der Waals surface area contributed by atoms with Crippen molar-refractivity contribution in [3.05, 3.63) is 52.8 Å². The first-order chi connectivity index (χ1) is 13.9. The van der Waals surface area contributed by atoms with Gasteiger partial charge >= 0.3 is 0 Å². The Kier molecular flexibility index (Phi) is 5.02. The number of methoxy groups -OCH3 is 1. The van der Waals surface area contributed by atoms with Gasteiger partial charge in [-0.25, -0.2) is 15.0 Å². The van der Waals surface area contributed by atoms with E-state index < -0.39 is 0 Å². The molecule has 150 valence electrons. The van der Waals surface area contributed by atoms with Crippen molar-refractivity contribution in [1.82, 2.24) is 15.0 Å². The highest BCUT2D eigenvalue weighted by molar-refractivity contribution is 6.31. The van der Waals surface area contributed by atoms with Gasteiger partial charge in [-0.3, -0.25) is 0 Å². The minimum absolute atomic E-state index is 0.0189. The maximum Gasteiger partial charge on any atom is 0.227 e. The number of ether oxygens (including phenoxy) is 1. The van der Waals surface area contributed by atoms with Gasteiger partial charge in [-0.05, 0) is 29.8 Å². The van der Waals surface area contributed by atoms with Crippen LogP contribution >= 0.6 is 11.6 Å². The van der Waals surface area contributed by atoms with E-state index in [0.717, 1.165) is 23.6 Å². The fourth-order valence-corrected chi connectivity index (χ4v) is 3.57. The molecule has 0 saturated heterocycles. The van der Waals surface area contributed by atoms with Crippen LogP contribution < -0.4 is 15.4 Å². The van der Waals surface area contributed by atoms with Crippen LogP contribution in [-0.2, 0) is 12.0 Å². The van der Waals surface area contributed by atoms with Gasteiger partial charge in [0.25, 0.3) is 0 Å². The number of nitrogens with zero attached hydrogens (tertiary/aromatic N) is 3. The summed E-state index contributed by atoms with van der Waals surface area (Å²) in [6.45, 7) is 5.07. The molecule has 0 amide bonds. The second-order valence-electron chi connectivity index (χ2n) is 7.55. The zero-order valence-corrected chi connectivity index (χ0v) is 17.2. The van der Waals surface area contributed by atoms with Crippen molar-refractivity contribution in [2.45, 2.75) is 25.9 Å². The van der Waals surface area contributed by atoms with Crippen LogP contribution in [0.15, 0.2) is 36.7 Å². The fraction of sp³-hybridized carbons (Fsp3) is 0.286. The second-order valence-corrected chi connectivity index (χ2v) is 7.96. The first-order valence-corrected chi connectivity index (χ1v) is 9.61. The zero-order valence-electron chi connectivity index (χ0n) is 16.5. The van der Waals surface area contributed by atoms with Gasteiger partial charge in [0, 0.05) is 40.5 Å². The van der Waals surface area contributed by atoms with Crippen LogP contribution in [0.3, 0.4) is 0 Å². The Labute approximate surface area is 174 Å². The maximum absolute atomic E-state index is 9.39. The van der Waals surface area contributed by atoms with E-state index in [4.69, 9.17) is 16.3 Å². The summed E-state index contributed by atoms with van der Waals surface area (Å²) in [6.07, 6.45) is 3.50. The van der Waals surface area contributed by atoms with Crippen molar-refractivity contribution in [3.63, 3.8) is 0 Å². The standard InChI is InChI=1S/C21H22ClN5O2/c1-21(2)11-25-19-14(21)6-12(9-24-19)16-4-5-23-20(26-16)27-17-8-15(22)13(10-28)7-18(17)29-3/h4-9,28H,10-11H2,1-3H3,(H,24,25)(H,23,26,27). The first kappa shape index (κ1) is 19.4. The van der Waals surface area contributed by atoms with Gasteiger partial charge in [0.05, 0.1) is 25.1 Å². The van der Waals surface area contributed by atoms with E-state index in [1.54, 1.807) is 25.4 Å². The Bertz CT molecular complexity index is 1070. The normalized spacial score (nSPS) is 14.2. The van der Waals surface area contributed by atoms with E-state index in [2.05, 4.69) is 45.5 Å². The number of aromatic nitrogens is 3. The summed E-state index contributed by atoms with van der Waals surface area (Å²) in [5, 5.41) is 16.3. The van der Waals surface area contributed by atoms with E-state index in [0.29, 0.717) is 28.0 Å². The number of anilines is 3. The number of benzene rings is 1. The van der Waals surface area contributed by atoms with E-state index >= 15 is 0 Å². The average molecular weight is 412 g/mol. The monoisotopic (exact) mass is 411 g/mol. The maximum atomic E-state index is 9.39. The van der Waals surface area contributed by atoms with Gasteiger partial charge in [-0.2, -0.15) is 0 Å². The summed E-state index contributed by atoms with van der Waals surface area (Å²) in [6, 6.07) is 7.35. The quantitative estimate of drug-likeness (QED) is 0.581. The number of fused-ring (bicyclic) bond motifs is 1. The minimum Gasteiger partial charge on any atom is -0.495 e. The lowest BCUT2D eigenvalue weighted by atomic mass is 9.87. The van der Waals surface area contributed by atoms with Gasteiger partial charge in [0.1, 0.15) is 11.6 Å². The van der Waals surface area contributed by atoms with E-state index in [1.165, 1.54) is 5.56 Å². The fourth-order valence-electron chi connectivity index (χ4n) is 3.34. The first-order valence-electron chi connectivity index (χ1n) is 9.23. The number of rotatable bonds is 5. The number of aliphatic hydroxyl groups excluding tert-OH is 1. The van der Waals surface area contributed by atoms with Crippen molar-refractivity contribution in [3.8, 4) is 17.0 Å². The SMILES string of the molecule is COc1cc(CO)c(Cl)cc1Nc1nccc(-c2cnc3c(c2)C(C)(C)CN3)n1. The topological polar surface area (TPSA) is 92.2 Å². The third-order valence-electron chi connectivity index (χ3n) is 5.05. The van der Waals surface area contributed by atoms with Gasteiger partial charge in [-0.1, -0.05) is 25.4 Å². The molecule has 1 aliphatic heterocycles. The highest BCUT2D eigenvalue weighted by Gasteiger charge is 2.31. The summed E-state index contributed by atoms with van der Waals surface area (Å²) in [5.41, 5.74) is 4.08. The van der Waals surface area contributed by atoms with E-state index in [1.807, 2.05) is 12.3 Å². The molecule has 2 aromatic heterocycles. The molecule has 3 heterocycles. The summed E-state index contributed by atoms with van der Waals surface area (Å²) in [7, 11) is 1.55. The molecule has 0 bridgehead atoms. The van der Waals surface area contributed by atoms with Crippen molar-refractivity contribution >= 4 is 29.1 Å². The number of aliphatic hydroxyl groups is 1. The highest BCUT2D eigenvalue weighted by Crippen LogP contribution is 2.37. The van der Waals surface area contributed by atoms with Crippen LogP contribution in [0.5, 0.6) is 5.75 Å². The third-order valence-corrected chi connectivity index (χ3v) is 5.40. The van der Waals surface area contributed by atoms with Crippen LogP contribution in [0.2, 0.25) is 5.02 Å². The molecular weight excluding hydrogens is 390 g/mol. The van der Waals surface area contributed by atoms with E-state index in [-0.39, 0.29) is 12.0 Å². The van der Waals surface area contributed by atoms with Crippen LogP contribution in [0.1, 0.15) is 25.0 Å². The summed E-state index contributed by atoms with van der Waals surface area (Å²) < 4.78 is 5.40. The van der Waals surface area contributed by atoms with Gasteiger partial charge in [0.2, 0.25) is 5.95 Å². The lowest BCUT2D eigenvalue weighted by molar-refractivity contribution is 0.281. The van der Waals surface area contributed by atoms with E-state index in [9.17, 15) is 5.11 Å². The van der Waals surface area contributed by atoms with Crippen LogP contribution in [0.4, 0.5) is 17.5 Å². The molecule has 0 radical (unpaired) electrons. The molecule has 8 heteroatoms. The van der Waals surface area contributed by atoms with Gasteiger partial charge in [-0.15, -0.1) is 0 Å². The molecule has 0 fully saturated rings. The third kappa shape index (κ3) is 3.71. The number of nitrogens with one attached hydrogen (secondary N) is 2. The van der Waals surface area contributed by atoms with Gasteiger partial charge < -0.3 is 20.5 Å². The Hall–Kier alpha value is -2.90. The minimum atomic E-state index is -0.169. The Morgan fingerprint density at radius 2 is 2.10 bits per heavy atom. The number of pyridine rings is 1. The molecule has 3 aromatic rings. The molecular formula is C21H22ClN5O2. The van der Waals surface area contributed by atoms with Crippen LogP contribution in [0.25, 0.3) is 11.3 Å². The smallest absolute Gasteiger partial charge is 0.227 e. The zero-order chi connectivity index (χ0) is 20.6. The second kappa shape index (κ2) is 7.50. The number of hydrogen-bond acceptors (Lipinski definition) is 7. The predicted octanol–water partition coefficient (Wildman–Crippen LogP) is 4.14. The molecule has 0 spiro atoms. The lowest BCUT2D eigenvalue weighted by Crippen LogP contribution is -2.18. The highest BCUT2D eigenvalue weighted by atomic mass is 35.5. The Balaban J connectivity index is 1.67. The predicted molar refractivity (Wildman–Crippen MR) is 114 cm³/mol. The summed E-state index contributed by atoms with van der Waals surface area (Å²) in [5.74, 6) is 1.88. The Morgan fingerprint density at radius 3 is 2.86 bits per heavy atom. The summed E-state index contributed by atoms with van der Waals surface area (Å²) in [4.78, 5) is 13.5. The molecule has 3 N–H and O–H groups in total. The Morgan fingerprint density at radius 1 is 1.28 bits per heavy atom. The molecule has 1 aromatic carbocycles. The molecule has 0 unspecified atom stereocenters. The molecule has 0 aliphatic carbocycles. The average Bonchev–Trinajstić information content (AvgIpc) is 3.03. The summed E-state index contributed by atoms with van der Waals surface area (Å²) >= 11 is 6.22. The molecule has 1 aliphatic rings. The van der Waals surface area contributed by atoms with Crippen molar-refractivity contribution in [2.75, 3.05) is 24.3 Å². The molecule has 4 rings (SSSR count). The van der Waals surface area contributed by atoms with Crippen LogP contribution in [-0.4, -0.2) is 33.7 Å². The van der Waals surface area contributed by atoms with Crippen molar-refractivity contribution in [2.24, 2.45) is 0 Å². The number of halogens is 1. The lowest BCUT2D eigenvalue weighted by Gasteiger charge is -2.17. The number of hydrogen-bond donors (Lipinski definition) is 3. The van der Waals surface area contributed by atoms with Crippen molar-refractivity contribution in [1.29, 1.82) is 0 Å². The molecule has 7 nitrogen and oxygen atoms in total. The molecule has 0 saturated carbocycles. The molecule has 0 atom stereocenters. The largest absolute Gasteiger partial charge is 0.495 e. The molecule has 29 heavy (non-hydrogen) atoms. The van der Waals surface area contributed by atoms with Crippen molar-refractivity contribution < 1.29 is 9.84 Å². The van der Waals surface area contributed by atoms with Crippen LogP contribution in [0, 0.1) is 0 Å².